The Morgan fingerprint density at radius 1 is 1.16 bits per heavy atom. The van der Waals surface area contributed by atoms with E-state index in [1.54, 1.807) is 47.1 Å². The predicted molar refractivity (Wildman–Crippen MR) is 169 cm³/mol. The van der Waals surface area contributed by atoms with E-state index in [0.29, 0.717) is 35.5 Å². The van der Waals surface area contributed by atoms with Gasteiger partial charge < -0.3 is 15.2 Å². The average Bonchev–Trinajstić information content (AvgIpc) is 3.58. The van der Waals surface area contributed by atoms with E-state index in [9.17, 15) is 14.3 Å². The summed E-state index contributed by atoms with van der Waals surface area (Å²) in [5.41, 5.74) is 4.55. The molecular formula is C32H35FN6O3S. The number of aryl methyl sites for hydroxylation is 1. The van der Waals surface area contributed by atoms with Crippen LogP contribution in [0.3, 0.4) is 0 Å². The number of amides is 2. The van der Waals surface area contributed by atoms with Crippen LogP contribution in [0.5, 0.6) is 5.75 Å². The summed E-state index contributed by atoms with van der Waals surface area (Å²) < 4.78 is 18.8. The van der Waals surface area contributed by atoms with Crippen LogP contribution in [0.2, 0.25) is 0 Å². The monoisotopic (exact) mass is 602 g/mol. The number of hydrogen-bond donors (Lipinski definition) is 2. The van der Waals surface area contributed by atoms with Crippen molar-refractivity contribution in [3.8, 4) is 22.8 Å². The molecule has 1 saturated heterocycles. The number of urea groups is 1. The highest BCUT2D eigenvalue weighted by molar-refractivity contribution is 8.14. The molecule has 4 aromatic rings. The zero-order chi connectivity index (χ0) is 30.6. The minimum Gasteiger partial charge on any atom is -0.463 e. The summed E-state index contributed by atoms with van der Waals surface area (Å²) in [4.78, 5) is 23.3. The Morgan fingerprint density at radius 2 is 1.91 bits per heavy atom. The van der Waals surface area contributed by atoms with Crippen LogP contribution in [-0.2, 0) is 6.42 Å². The number of thioether (sulfide) groups is 1. The van der Waals surface area contributed by atoms with Crippen LogP contribution in [0.1, 0.15) is 43.4 Å². The number of nitrogens with zero attached hydrogens (tertiary/aromatic N) is 5. The number of carbonyl (C=O) groups excluding carboxylic acids is 1. The number of aliphatic hydroxyl groups is 1. The highest BCUT2D eigenvalue weighted by Crippen LogP contribution is 2.40. The third-order valence-corrected chi connectivity index (χ3v) is 8.33. The molecule has 1 aliphatic rings. The SMILES string of the molecule is Cc1ccc(C(C)C)c(N2C(=NC(=O)NCCc3ccc(-c4ncn(-c5ccc(OCF)cc5)n4)cc3)SCC2(C)O)c1. The summed E-state index contributed by atoms with van der Waals surface area (Å²) >= 11 is 1.37. The molecule has 1 unspecified atom stereocenters. The summed E-state index contributed by atoms with van der Waals surface area (Å²) in [6.07, 6.45) is 2.24. The first-order valence-corrected chi connectivity index (χ1v) is 15.1. The van der Waals surface area contributed by atoms with Gasteiger partial charge in [0.05, 0.1) is 5.69 Å². The molecule has 3 aromatic carbocycles. The molecule has 11 heteroatoms. The maximum atomic E-state index is 12.8. The normalized spacial score (nSPS) is 17.6. The highest BCUT2D eigenvalue weighted by atomic mass is 32.2. The standard InChI is InChI=1S/C32H35FN6O3S/c1-21(2)27-14-5-22(3)17-28(27)39-31(43-18-32(39,4)41)36-30(40)34-16-15-23-6-8-24(9-7-23)29-35-20-38(37-29)25-10-12-26(13-11-25)42-19-33/h5-14,17,20-21,41H,15-16,18-19H2,1-4H3,(H,34,40). The van der Waals surface area contributed by atoms with Gasteiger partial charge in [0.2, 0.25) is 6.86 Å². The van der Waals surface area contributed by atoms with Gasteiger partial charge in [-0.15, -0.1) is 5.10 Å². The van der Waals surface area contributed by atoms with Gasteiger partial charge in [-0.3, -0.25) is 4.90 Å². The number of aromatic nitrogens is 3. The molecule has 1 aliphatic heterocycles. The van der Waals surface area contributed by atoms with Crippen molar-refractivity contribution in [3.63, 3.8) is 0 Å². The van der Waals surface area contributed by atoms with Crippen molar-refractivity contribution < 1.29 is 19.0 Å². The van der Waals surface area contributed by atoms with Crippen molar-refractivity contribution in [2.45, 2.75) is 45.8 Å². The molecule has 2 heterocycles. The van der Waals surface area contributed by atoms with E-state index < -0.39 is 18.6 Å². The first-order valence-electron chi connectivity index (χ1n) is 14.1. The van der Waals surface area contributed by atoms with Crippen molar-refractivity contribution in [2.75, 3.05) is 24.1 Å². The second-order valence-electron chi connectivity index (χ2n) is 10.9. The average molecular weight is 603 g/mol. The van der Waals surface area contributed by atoms with Crippen LogP contribution < -0.4 is 15.0 Å². The lowest BCUT2D eigenvalue weighted by Gasteiger charge is -2.33. The minimum absolute atomic E-state index is 0.243. The molecule has 43 heavy (non-hydrogen) atoms. The molecule has 0 bridgehead atoms. The van der Waals surface area contributed by atoms with Gasteiger partial charge in [0.25, 0.3) is 0 Å². The second kappa shape index (κ2) is 13.0. The number of carbonyl (C=O) groups is 1. The van der Waals surface area contributed by atoms with Gasteiger partial charge in [0.1, 0.15) is 12.1 Å². The fraction of sp³-hybridized carbons (Fsp3) is 0.312. The van der Waals surface area contributed by atoms with Crippen molar-refractivity contribution in [1.29, 1.82) is 0 Å². The molecule has 1 aromatic heterocycles. The van der Waals surface area contributed by atoms with Gasteiger partial charge in [-0.2, -0.15) is 4.99 Å². The fourth-order valence-corrected chi connectivity index (χ4v) is 5.96. The molecule has 9 nitrogen and oxygen atoms in total. The number of rotatable bonds is 9. The van der Waals surface area contributed by atoms with E-state index in [0.717, 1.165) is 33.6 Å². The Balaban J connectivity index is 1.20. The predicted octanol–water partition coefficient (Wildman–Crippen LogP) is 6.24. The van der Waals surface area contributed by atoms with Crippen molar-refractivity contribution in [1.82, 2.24) is 20.1 Å². The van der Waals surface area contributed by atoms with E-state index >= 15 is 0 Å². The smallest absolute Gasteiger partial charge is 0.343 e. The van der Waals surface area contributed by atoms with E-state index in [2.05, 4.69) is 46.4 Å². The Kier molecular flexibility index (Phi) is 9.12. The summed E-state index contributed by atoms with van der Waals surface area (Å²) in [6, 6.07) is 20.5. The largest absolute Gasteiger partial charge is 0.463 e. The van der Waals surface area contributed by atoms with Crippen molar-refractivity contribution in [3.05, 3.63) is 89.7 Å². The molecule has 1 fully saturated rings. The summed E-state index contributed by atoms with van der Waals surface area (Å²) in [7, 11) is 0. The number of nitrogens with one attached hydrogen (secondary N) is 1. The molecule has 5 rings (SSSR count). The van der Waals surface area contributed by atoms with Crippen LogP contribution in [0, 0.1) is 6.92 Å². The lowest BCUT2D eigenvalue weighted by Crippen LogP contribution is -2.46. The van der Waals surface area contributed by atoms with Crippen LogP contribution >= 0.6 is 11.8 Å². The summed E-state index contributed by atoms with van der Waals surface area (Å²) in [6.45, 7) is 7.52. The number of alkyl halides is 1. The number of ether oxygens (including phenoxy) is 1. The Hall–Kier alpha value is -4.22. The van der Waals surface area contributed by atoms with Crippen molar-refractivity contribution in [2.24, 2.45) is 4.99 Å². The lowest BCUT2D eigenvalue weighted by atomic mass is 9.98. The number of anilines is 1. The number of halogens is 1. The lowest BCUT2D eigenvalue weighted by molar-refractivity contribution is 0.0995. The molecule has 2 amide bonds. The van der Waals surface area contributed by atoms with Crippen LogP contribution in [0.25, 0.3) is 17.1 Å². The van der Waals surface area contributed by atoms with Crippen LogP contribution in [0.15, 0.2) is 78.0 Å². The second-order valence-corrected chi connectivity index (χ2v) is 11.8. The Labute approximate surface area is 254 Å². The third kappa shape index (κ3) is 7.06. The first-order chi connectivity index (χ1) is 20.6. The zero-order valence-corrected chi connectivity index (χ0v) is 25.4. The Bertz CT molecular complexity index is 1600. The fourth-order valence-electron chi connectivity index (χ4n) is 4.86. The summed E-state index contributed by atoms with van der Waals surface area (Å²) in [5.74, 6) is 1.67. The van der Waals surface area contributed by atoms with Gasteiger partial charge in [-0.25, -0.2) is 18.9 Å². The third-order valence-electron chi connectivity index (χ3n) is 7.11. The maximum Gasteiger partial charge on any atom is 0.343 e. The van der Waals surface area contributed by atoms with Gasteiger partial charge in [0.15, 0.2) is 16.7 Å². The summed E-state index contributed by atoms with van der Waals surface area (Å²) in [5, 5.41) is 19.1. The molecule has 0 spiro atoms. The van der Waals surface area contributed by atoms with Gasteiger partial charge in [-0.1, -0.05) is 62.0 Å². The molecule has 0 radical (unpaired) electrons. The van der Waals surface area contributed by atoms with E-state index in [1.165, 1.54) is 11.8 Å². The zero-order valence-electron chi connectivity index (χ0n) is 24.6. The number of benzene rings is 3. The number of aliphatic imine (C=N–C) groups is 1. The molecular weight excluding hydrogens is 567 g/mol. The molecule has 2 N–H and O–H groups in total. The van der Waals surface area contributed by atoms with Gasteiger partial charge in [0, 0.05) is 23.5 Å². The molecule has 1 atom stereocenters. The quantitative estimate of drug-likeness (QED) is 0.234. The van der Waals surface area contributed by atoms with E-state index in [4.69, 9.17) is 4.74 Å². The Morgan fingerprint density at radius 3 is 2.60 bits per heavy atom. The van der Waals surface area contributed by atoms with Crippen LogP contribution in [0.4, 0.5) is 14.9 Å². The van der Waals surface area contributed by atoms with Gasteiger partial charge in [-0.05, 0) is 73.2 Å². The first kappa shape index (κ1) is 30.2. The minimum atomic E-state index is -1.16. The van der Waals surface area contributed by atoms with E-state index in [-0.39, 0.29) is 5.92 Å². The molecule has 224 valence electrons. The maximum absolute atomic E-state index is 12.8. The molecule has 0 saturated carbocycles. The van der Waals surface area contributed by atoms with E-state index in [1.807, 2.05) is 37.3 Å². The number of hydrogen-bond acceptors (Lipinski definition) is 6. The van der Waals surface area contributed by atoms with Crippen LogP contribution in [-0.4, -0.2) is 56.0 Å². The molecule has 0 aliphatic carbocycles. The number of amidine groups is 1. The topological polar surface area (TPSA) is 105 Å². The highest BCUT2D eigenvalue weighted by Gasteiger charge is 2.42. The van der Waals surface area contributed by atoms with Crippen molar-refractivity contribution >= 4 is 28.6 Å². The van der Waals surface area contributed by atoms with Gasteiger partial charge >= 0.3 is 6.03 Å².